The van der Waals surface area contributed by atoms with Crippen molar-refractivity contribution in [1.82, 2.24) is 4.31 Å². The molecule has 1 heterocycles. The molecule has 38 heavy (non-hydrogen) atoms. The molecule has 3 aromatic rings. The number of sulfonamides is 2. The molecule has 1 fully saturated rings. The number of amides is 1. The van der Waals surface area contributed by atoms with Gasteiger partial charge in [0.25, 0.3) is 10.0 Å². The summed E-state index contributed by atoms with van der Waals surface area (Å²) in [4.78, 5) is 13.3. The van der Waals surface area contributed by atoms with Crippen LogP contribution in [-0.4, -0.2) is 59.9 Å². The third-order valence-electron chi connectivity index (χ3n) is 6.28. The fourth-order valence-corrected chi connectivity index (χ4v) is 7.03. The zero-order valence-electron chi connectivity index (χ0n) is 21.3. The van der Waals surface area contributed by atoms with Crippen molar-refractivity contribution < 1.29 is 26.4 Å². The van der Waals surface area contributed by atoms with Gasteiger partial charge < -0.3 is 10.1 Å². The zero-order chi connectivity index (χ0) is 27.3. The lowest BCUT2D eigenvalue weighted by molar-refractivity contribution is -0.114. The Kier molecular flexibility index (Phi) is 8.51. The van der Waals surface area contributed by atoms with Crippen LogP contribution in [0.5, 0.6) is 0 Å². The molecule has 3 aromatic carbocycles. The first-order chi connectivity index (χ1) is 18.1. The van der Waals surface area contributed by atoms with Crippen molar-refractivity contribution in [2.75, 3.05) is 42.5 Å². The Labute approximate surface area is 224 Å². The number of nitrogens with one attached hydrogen (secondary N) is 1. The summed E-state index contributed by atoms with van der Waals surface area (Å²) in [7, 11) is -7.72. The molecule has 0 radical (unpaired) electrons. The molecular formula is C27H31N3O6S2. The van der Waals surface area contributed by atoms with E-state index in [0.29, 0.717) is 31.0 Å². The molecule has 1 aliphatic rings. The summed E-state index contributed by atoms with van der Waals surface area (Å²) in [6, 6.07) is 19.4. The topological polar surface area (TPSA) is 113 Å². The number of hydrogen-bond donors (Lipinski definition) is 1. The van der Waals surface area contributed by atoms with Crippen LogP contribution in [0.3, 0.4) is 0 Å². The molecule has 1 amide bonds. The number of hydrogen-bond acceptors (Lipinski definition) is 6. The number of ether oxygens (including phenoxy) is 1. The summed E-state index contributed by atoms with van der Waals surface area (Å²) in [5, 5.41) is 2.70. The molecule has 0 aliphatic carbocycles. The Hall–Kier alpha value is -3.25. The second kappa shape index (κ2) is 11.6. The molecule has 1 aliphatic heterocycles. The highest BCUT2D eigenvalue weighted by molar-refractivity contribution is 7.92. The van der Waals surface area contributed by atoms with Gasteiger partial charge in [-0.25, -0.2) is 16.8 Å². The smallest absolute Gasteiger partial charge is 0.264 e. The van der Waals surface area contributed by atoms with Crippen LogP contribution in [0, 0.1) is 6.92 Å². The Bertz CT molecular complexity index is 1480. The maximum Gasteiger partial charge on any atom is 0.264 e. The first kappa shape index (κ1) is 27.8. The van der Waals surface area contributed by atoms with Gasteiger partial charge in [-0.3, -0.25) is 9.10 Å². The first-order valence-corrected chi connectivity index (χ1v) is 15.2. The third kappa shape index (κ3) is 6.07. The summed E-state index contributed by atoms with van der Waals surface area (Å²) >= 11 is 0. The van der Waals surface area contributed by atoms with Crippen molar-refractivity contribution in [1.29, 1.82) is 0 Å². The Morgan fingerprint density at radius 1 is 0.895 bits per heavy atom. The third-order valence-corrected chi connectivity index (χ3v) is 9.97. The number of para-hydroxylation sites is 1. The normalized spacial score (nSPS) is 14.7. The summed E-state index contributed by atoms with van der Waals surface area (Å²) in [6.45, 7) is 4.58. The van der Waals surface area contributed by atoms with E-state index in [-0.39, 0.29) is 22.9 Å². The SMILES string of the molecule is CCc1ccccc1N(CC(=O)Nc1ccc(S(=O)(=O)N2CCOCC2)cc1)S(=O)(=O)c1ccc(C)cc1. The minimum absolute atomic E-state index is 0.0829. The van der Waals surface area contributed by atoms with E-state index in [0.717, 1.165) is 15.4 Å². The molecule has 11 heteroatoms. The van der Waals surface area contributed by atoms with Crippen LogP contribution in [0.25, 0.3) is 0 Å². The number of carbonyl (C=O) groups is 1. The molecule has 0 saturated carbocycles. The Morgan fingerprint density at radius 3 is 2.13 bits per heavy atom. The van der Waals surface area contributed by atoms with E-state index in [1.54, 1.807) is 24.3 Å². The lowest BCUT2D eigenvalue weighted by Gasteiger charge is -2.26. The van der Waals surface area contributed by atoms with Gasteiger partial charge >= 0.3 is 0 Å². The van der Waals surface area contributed by atoms with Gasteiger partial charge in [-0.1, -0.05) is 42.8 Å². The zero-order valence-corrected chi connectivity index (χ0v) is 23.0. The minimum atomic E-state index is -4.05. The lowest BCUT2D eigenvalue weighted by atomic mass is 10.1. The number of carbonyl (C=O) groups excluding carboxylic acids is 1. The van der Waals surface area contributed by atoms with Gasteiger partial charge in [0.15, 0.2) is 0 Å². The fourth-order valence-electron chi connectivity index (χ4n) is 4.17. The molecule has 0 unspecified atom stereocenters. The van der Waals surface area contributed by atoms with Crippen molar-refractivity contribution in [2.45, 2.75) is 30.1 Å². The van der Waals surface area contributed by atoms with E-state index in [1.807, 2.05) is 26.0 Å². The highest BCUT2D eigenvalue weighted by Gasteiger charge is 2.29. The van der Waals surface area contributed by atoms with Gasteiger partial charge in [-0.05, 0) is 61.4 Å². The number of anilines is 2. The minimum Gasteiger partial charge on any atom is -0.379 e. The van der Waals surface area contributed by atoms with Crippen LogP contribution in [0.4, 0.5) is 11.4 Å². The second-order valence-electron chi connectivity index (χ2n) is 8.90. The standard InChI is InChI=1S/C27H31N3O6S2/c1-3-22-6-4-5-7-26(22)30(38(34,35)25-12-8-21(2)9-13-25)20-27(31)28-23-10-14-24(15-11-23)37(32,33)29-16-18-36-19-17-29/h4-15H,3,16-20H2,1-2H3,(H,28,31). The van der Waals surface area contributed by atoms with Gasteiger partial charge in [0.2, 0.25) is 15.9 Å². The summed E-state index contributed by atoms with van der Waals surface area (Å²) in [5.41, 5.74) is 2.49. The van der Waals surface area contributed by atoms with Crippen molar-refractivity contribution in [3.8, 4) is 0 Å². The summed E-state index contributed by atoms with van der Waals surface area (Å²) in [5.74, 6) is -0.560. The largest absolute Gasteiger partial charge is 0.379 e. The molecule has 0 bridgehead atoms. The molecular weight excluding hydrogens is 526 g/mol. The number of morpholine rings is 1. The fraction of sp³-hybridized carbons (Fsp3) is 0.296. The van der Waals surface area contributed by atoms with Crippen molar-refractivity contribution >= 4 is 37.3 Å². The van der Waals surface area contributed by atoms with Crippen LogP contribution in [0.15, 0.2) is 82.6 Å². The number of rotatable bonds is 9. The van der Waals surface area contributed by atoms with Gasteiger partial charge in [0.1, 0.15) is 6.54 Å². The highest BCUT2D eigenvalue weighted by atomic mass is 32.2. The molecule has 0 aromatic heterocycles. The Balaban J connectivity index is 1.57. The van der Waals surface area contributed by atoms with Gasteiger partial charge in [0, 0.05) is 18.8 Å². The summed E-state index contributed by atoms with van der Waals surface area (Å²) < 4.78 is 60.8. The second-order valence-corrected chi connectivity index (χ2v) is 12.7. The molecule has 1 saturated heterocycles. The number of nitrogens with zero attached hydrogens (tertiary/aromatic N) is 2. The molecule has 4 rings (SSSR count). The Morgan fingerprint density at radius 2 is 1.50 bits per heavy atom. The van der Waals surface area contributed by atoms with E-state index < -0.39 is 32.5 Å². The highest BCUT2D eigenvalue weighted by Crippen LogP contribution is 2.28. The van der Waals surface area contributed by atoms with E-state index in [1.165, 1.54) is 40.7 Å². The quantitative estimate of drug-likeness (QED) is 0.432. The van der Waals surface area contributed by atoms with E-state index in [2.05, 4.69) is 5.32 Å². The van der Waals surface area contributed by atoms with Crippen molar-refractivity contribution in [3.05, 3.63) is 83.9 Å². The lowest BCUT2D eigenvalue weighted by Crippen LogP contribution is -2.40. The van der Waals surface area contributed by atoms with E-state index in [4.69, 9.17) is 4.74 Å². The van der Waals surface area contributed by atoms with E-state index in [9.17, 15) is 21.6 Å². The predicted octanol–water partition coefficient (Wildman–Crippen LogP) is 3.41. The average molecular weight is 558 g/mol. The molecule has 0 atom stereocenters. The maximum atomic E-state index is 13.7. The van der Waals surface area contributed by atoms with Crippen LogP contribution in [0.1, 0.15) is 18.1 Å². The average Bonchev–Trinajstić information content (AvgIpc) is 2.92. The van der Waals surface area contributed by atoms with Crippen molar-refractivity contribution in [3.63, 3.8) is 0 Å². The van der Waals surface area contributed by atoms with Crippen LogP contribution in [0.2, 0.25) is 0 Å². The van der Waals surface area contributed by atoms with Gasteiger partial charge in [0.05, 0.1) is 28.7 Å². The molecule has 202 valence electrons. The van der Waals surface area contributed by atoms with Crippen molar-refractivity contribution in [2.24, 2.45) is 0 Å². The summed E-state index contributed by atoms with van der Waals surface area (Å²) in [6.07, 6.45) is 0.580. The molecule has 1 N–H and O–H groups in total. The van der Waals surface area contributed by atoms with Gasteiger partial charge in [-0.2, -0.15) is 4.31 Å². The van der Waals surface area contributed by atoms with Crippen LogP contribution >= 0.6 is 0 Å². The predicted molar refractivity (Wildman–Crippen MR) is 146 cm³/mol. The van der Waals surface area contributed by atoms with E-state index >= 15 is 0 Å². The molecule has 9 nitrogen and oxygen atoms in total. The first-order valence-electron chi connectivity index (χ1n) is 12.3. The number of benzene rings is 3. The number of aryl methyl sites for hydroxylation is 2. The molecule has 0 spiro atoms. The van der Waals surface area contributed by atoms with Crippen LogP contribution in [-0.2, 0) is 36.0 Å². The van der Waals surface area contributed by atoms with Gasteiger partial charge in [-0.15, -0.1) is 0 Å². The maximum absolute atomic E-state index is 13.7. The van der Waals surface area contributed by atoms with Crippen LogP contribution < -0.4 is 9.62 Å². The monoisotopic (exact) mass is 557 g/mol.